The van der Waals surface area contributed by atoms with Gasteiger partial charge in [-0.2, -0.15) is 0 Å². The summed E-state index contributed by atoms with van der Waals surface area (Å²) in [4.78, 5) is 10.6. The van der Waals surface area contributed by atoms with Crippen LogP contribution < -0.4 is 5.73 Å². The molecule has 0 aliphatic carbocycles. The molecule has 0 spiro atoms. The predicted octanol–water partition coefficient (Wildman–Crippen LogP) is 1.77. The Labute approximate surface area is 89.3 Å². The molecule has 0 aromatic heterocycles. The van der Waals surface area contributed by atoms with Crippen LogP contribution in [-0.2, 0) is 4.79 Å². The third kappa shape index (κ3) is 2.45. The van der Waals surface area contributed by atoms with E-state index < -0.39 is 23.6 Å². The van der Waals surface area contributed by atoms with Crippen LogP contribution in [0, 0.1) is 11.6 Å². The van der Waals surface area contributed by atoms with Crippen LogP contribution >= 0.6 is 11.8 Å². The molecule has 0 bridgehead atoms. The molecular weight excluding hydrogens is 224 g/mol. The first kappa shape index (κ1) is 11.9. The van der Waals surface area contributed by atoms with E-state index in [1.54, 1.807) is 6.26 Å². The molecule has 0 aliphatic rings. The third-order valence-electron chi connectivity index (χ3n) is 1.87. The van der Waals surface area contributed by atoms with E-state index in [4.69, 9.17) is 10.8 Å². The number of thioether (sulfide) groups is 1. The Hall–Kier alpha value is -1.14. The summed E-state index contributed by atoms with van der Waals surface area (Å²) in [7, 11) is 0. The van der Waals surface area contributed by atoms with E-state index in [0.717, 1.165) is 23.9 Å². The molecule has 1 atom stereocenters. The Morgan fingerprint density at radius 1 is 1.47 bits per heavy atom. The van der Waals surface area contributed by atoms with Crippen molar-refractivity contribution < 1.29 is 18.7 Å². The number of carboxylic acids is 1. The molecule has 3 N–H and O–H groups in total. The molecule has 1 unspecified atom stereocenters. The van der Waals surface area contributed by atoms with Gasteiger partial charge in [-0.25, -0.2) is 8.78 Å². The number of hydrogen-bond acceptors (Lipinski definition) is 3. The summed E-state index contributed by atoms with van der Waals surface area (Å²) in [6, 6.07) is 0.216. The van der Waals surface area contributed by atoms with Gasteiger partial charge in [0.05, 0.1) is 0 Å². The standard InChI is InChI=1S/C9H9F2NO2S/c1-15-7-3-5(10)4(2-6(7)11)8(12)9(13)14/h2-3,8H,12H2,1H3,(H,13,14). The molecule has 1 aromatic carbocycles. The van der Waals surface area contributed by atoms with Crippen molar-refractivity contribution in [1.29, 1.82) is 0 Å². The van der Waals surface area contributed by atoms with E-state index in [1.807, 2.05) is 0 Å². The largest absolute Gasteiger partial charge is 0.480 e. The Morgan fingerprint density at radius 3 is 2.53 bits per heavy atom. The van der Waals surface area contributed by atoms with Crippen molar-refractivity contribution in [3.63, 3.8) is 0 Å². The first-order chi connectivity index (χ1) is 6.97. The van der Waals surface area contributed by atoms with Crippen molar-refractivity contribution in [2.45, 2.75) is 10.9 Å². The molecule has 0 fully saturated rings. The van der Waals surface area contributed by atoms with Gasteiger partial charge in [0, 0.05) is 10.5 Å². The smallest absolute Gasteiger partial charge is 0.325 e. The molecule has 0 aliphatic heterocycles. The lowest BCUT2D eigenvalue weighted by Crippen LogP contribution is -2.22. The highest BCUT2D eigenvalue weighted by molar-refractivity contribution is 7.98. The van der Waals surface area contributed by atoms with Crippen molar-refractivity contribution in [1.82, 2.24) is 0 Å². The lowest BCUT2D eigenvalue weighted by molar-refractivity contribution is -0.138. The molecule has 0 heterocycles. The second-order valence-electron chi connectivity index (χ2n) is 2.82. The van der Waals surface area contributed by atoms with Gasteiger partial charge < -0.3 is 10.8 Å². The van der Waals surface area contributed by atoms with Crippen molar-refractivity contribution in [3.05, 3.63) is 29.3 Å². The van der Waals surface area contributed by atoms with E-state index in [1.165, 1.54) is 0 Å². The van der Waals surface area contributed by atoms with Crippen LogP contribution in [0.1, 0.15) is 11.6 Å². The van der Waals surface area contributed by atoms with E-state index in [9.17, 15) is 13.6 Å². The highest BCUT2D eigenvalue weighted by Gasteiger charge is 2.20. The van der Waals surface area contributed by atoms with E-state index >= 15 is 0 Å². The van der Waals surface area contributed by atoms with Gasteiger partial charge in [0.1, 0.15) is 17.7 Å². The molecule has 6 heteroatoms. The minimum atomic E-state index is -1.55. The summed E-state index contributed by atoms with van der Waals surface area (Å²) < 4.78 is 26.5. The van der Waals surface area contributed by atoms with Crippen LogP contribution in [0.15, 0.2) is 17.0 Å². The molecule has 0 saturated carbocycles. The molecule has 0 saturated heterocycles. The van der Waals surface area contributed by atoms with E-state index in [2.05, 4.69) is 0 Å². The number of benzene rings is 1. The first-order valence-electron chi connectivity index (χ1n) is 3.98. The molecule has 3 nitrogen and oxygen atoms in total. The molecule has 82 valence electrons. The molecule has 0 amide bonds. The van der Waals surface area contributed by atoms with E-state index in [-0.39, 0.29) is 10.5 Å². The van der Waals surface area contributed by atoms with Crippen molar-refractivity contribution in [3.8, 4) is 0 Å². The Balaban J connectivity index is 3.21. The number of carboxylic acid groups (broad SMARTS) is 1. The van der Waals surface area contributed by atoms with Crippen LogP contribution in [0.5, 0.6) is 0 Å². The first-order valence-corrected chi connectivity index (χ1v) is 5.21. The molecule has 15 heavy (non-hydrogen) atoms. The number of carbonyl (C=O) groups is 1. The second-order valence-corrected chi connectivity index (χ2v) is 3.67. The minimum absolute atomic E-state index is 0.119. The Morgan fingerprint density at radius 2 is 2.07 bits per heavy atom. The summed E-state index contributed by atoms with van der Waals surface area (Å²) in [5.74, 6) is -2.88. The van der Waals surface area contributed by atoms with Crippen LogP contribution in [0.3, 0.4) is 0 Å². The fourth-order valence-corrected chi connectivity index (χ4v) is 1.55. The summed E-state index contributed by atoms with van der Waals surface area (Å²) in [5.41, 5.74) is 4.84. The maximum absolute atomic E-state index is 13.3. The maximum atomic E-state index is 13.3. The zero-order valence-electron chi connectivity index (χ0n) is 7.83. The van der Waals surface area contributed by atoms with Gasteiger partial charge in [0.2, 0.25) is 0 Å². The van der Waals surface area contributed by atoms with E-state index in [0.29, 0.717) is 0 Å². The topological polar surface area (TPSA) is 63.3 Å². The van der Waals surface area contributed by atoms with Crippen LogP contribution in [0.2, 0.25) is 0 Å². The predicted molar refractivity (Wildman–Crippen MR) is 52.7 cm³/mol. The number of aliphatic carboxylic acids is 1. The fraction of sp³-hybridized carbons (Fsp3) is 0.222. The van der Waals surface area contributed by atoms with Gasteiger partial charge in [-0.3, -0.25) is 4.79 Å². The van der Waals surface area contributed by atoms with Crippen LogP contribution in [0.4, 0.5) is 8.78 Å². The SMILES string of the molecule is CSc1cc(F)c(C(N)C(=O)O)cc1F. The highest BCUT2D eigenvalue weighted by Crippen LogP contribution is 2.25. The third-order valence-corrected chi connectivity index (χ3v) is 2.62. The monoisotopic (exact) mass is 233 g/mol. The molecule has 1 rings (SSSR count). The Bertz CT molecular complexity index is 398. The summed E-state index contributed by atoms with van der Waals surface area (Å²) in [6.45, 7) is 0. The second kappa shape index (κ2) is 4.59. The summed E-state index contributed by atoms with van der Waals surface area (Å²) in [6.07, 6.45) is 1.59. The van der Waals surface area contributed by atoms with Crippen molar-refractivity contribution in [2.24, 2.45) is 5.73 Å². The molecular formula is C9H9F2NO2S. The number of halogens is 2. The maximum Gasteiger partial charge on any atom is 0.325 e. The van der Waals surface area contributed by atoms with Crippen LogP contribution in [-0.4, -0.2) is 17.3 Å². The molecule has 0 radical (unpaired) electrons. The van der Waals surface area contributed by atoms with Crippen molar-refractivity contribution in [2.75, 3.05) is 6.26 Å². The summed E-state index contributed by atoms with van der Waals surface area (Å²) in [5, 5.41) is 8.56. The summed E-state index contributed by atoms with van der Waals surface area (Å²) >= 11 is 1.04. The van der Waals surface area contributed by atoms with Gasteiger partial charge in [-0.15, -0.1) is 11.8 Å². The lowest BCUT2D eigenvalue weighted by atomic mass is 10.1. The molecule has 1 aromatic rings. The quantitative estimate of drug-likeness (QED) is 0.781. The van der Waals surface area contributed by atoms with Crippen LogP contribution in [0.25, 0.3) is 0 Å². The number of hydrogen-bond donors (Lipinski definition) is 2. The lowest BCUT2D eigenvalue weighted by Gasteiger charge is -2.09. The highest BCUT2D eigenvalue weighted by atomic mass is 32.2. The number of nitrogens with two attached hydrogens (primary N) is 1. The zero-order chi connectivity index (χ0) is 11.6. The average Bonchev–Trinajstić information content (AvgIpc) is 2.19. The normalized spacial score (nSPS) is 12.5. The van der Waals surface area contributed by atoms with Gasteiger partial charge in [0.15, 0.2) is 0 Å². The zero-order valence-corrected chi connectivity index (χ0v) is 8.65. The fourth-order valence-electron chi connectivity index (χ4n) is 1.07. The average molecular weight is 233 g/mol. The Kier molecular flexibility index (Phi) is 3.65. The minimum Gasteiger partial charge on any atom is -0.480 e. The van der Waals surface area contributed by atoms with Gasteiger partial charge >= 0.3 is 5.97 Å². The number of rotatable bonds is 3. The van der Waals surface area contributed by atoms with Crippen molar-refractivity contribution >= 4 is 17.7 Å². The van der Waals surface area contributed by atoms with Gasteiger partial charge in [0.25, 0.3) is 0 Å². The van der Waals surface area contributed by atoms with Gasteiger partial charge in [-0.1, -0.05) is 0 Å². The van der Waals surface area contributed by atoms with Gasteiger partial charge in [-0.05, 0) is 18.4 Å².